The van der Waals surface area contributed by atoms with Crippen LogP contribution in [0.15, 0.2) is 0 Å². The predicted octanol–water partition coefficient (Wildman–Crippen LogP) is 0.999. The Balaban J connectivity index is 2.01. The van der Waals surface area contributed by atoms with Gasteiger partial charge in [0.15, 0.2) is 0 Å². The SMILES string of the molecule is CC1CCCCN1S(=O)(=O)N[C@@H]1CCCC[C@H]1O. The van der Waals surface area contributed by atoms with E-state index in [2.05, 4.69) is 4.72 Å². The molecular formula is C12H24N2O3S. The van der Waals surface area contributed by atoms with E-state index in [1.165, 1.54) is 0 Å². The second kappa shape index (κ2) is 5.86. The third kappa shape index (κ3) is 3.23. The molecule has 0 aromatic rings. The molecule has 1 aliphatic carbocycles. The largest absolute Gasteiger partial charge is 0.391 e. The number of rotatable bonds is 3. The standard InChI is InChI=1S/C12H24N2O3S/c1-10-6-4-5-9-14(10)18(16,17)13-11-7-2-3-8-12(11)15/h10-13,15H,2-9H2,1H3/t10?,11-,12-/m1/s1. The summed E-state index contributed by atoms with van der Waals surface area (Å²) < 4.78 is 28.9. The van der Waals surface area contributed by atoms with Gasteiger partial charge in [0.05, 0.1) is 6.10 Å². The lowest BCUT2D eigenvalue weighted by atomic mass is 9.93. The van der Waals surface area contributed by atoms with Crippen LogP contribution in [-0.2, 0) is 10.2 Å². The number of nitrogens with one attached hydrogen (secondary N) is 1. The van der Waals surface area contributed by atoms with Crippen molar-refractivity contribution in [3.63, 3.8) is 0 Å². The Bertz CT molecular complexity index is 372. The molecule has 1 saturated heterocycles. The maximum absolute atomic E-state index is 12.3. The molecule has 1 heterocycles. The molecule has 0 spiro atoms. The molecule has 0 aromatic carbocycles. The minimum Gasteiger partial charge on any atom is -0.391 e. The van der Waals surface area contributed by atoms with E-state index in [0.29, 0.717) is 13.0 Å². The quantitative estimate of drug-likeness (QED) is 0.808. The van der Waals surface area contributed by atoms with E-state index in [9.17, 15) is 13.5 Å². The van der Waals surface area contributed by atoms with Crippen molar-refractivity contribution in [1.82, 2.24) is 9.03 Å². The lowest BCUT2D eigenvalue weighted by molar-refractivity contribution is 0.0995. The summed E-state index contributed by atoms with van der Waals surface area (Å²) in [6.07, 6.45) is 5.82. The van der Waals surface area contributed by atoms with Gasteiger partial charge in [0.2, 0.25) is 0 Å². The van der Waals surface area contributed by atoms with E-state index >= 15 is 0 Å². The highest BCUT2D eigenvalue weighted by molar-refractivity contribution is 7.87. The van der Waals surface area contributed by atoms with Gasteiger partial charge in [-0.25, -0.2) is 0 Å². The summed E-state index contributed by atoms with van der Waals surface area (Å²) in [5.41, 5.74) is 0. The third-order valence-electron chi connectivity index (χ3n) is 4.08. The van der Waals surface area contributed by atoms with Gasteiger partial charge in [-0.1, -0.05) is 19.3 Å². The van der Waals surface area contributed by atoms with Gasteiger partial charge in [-0.3, -0.25) is 0 Å². The average Bonchev–Trinajstić information content (AvgIpc) is 2.32. The van der Waals surface area contributed by atoms with Crippen LogP contribution in [0, 0.1) is 0 Å². The molecule has 2 N–H and O–H groups in total. The maximum Gasteiger partial charge on any atom is 0.280 e. The minimum atomic E-state index is -3.44. The van der Waals surface area contributed by atoms with Crippen LogP contribution in [0.4, 0.5) is 0 Å². The summed E-state index contributed by atoms with van der Waals surface area (Å²) in [5, 5.41) is 9.85. The van der Waals surface area contributed by atoms with E-state index in [1.807, 2.05) is 6.92 Å². The zero-order chi connectivity index (χ0) is 13.2. The molecule has 5 nitrogen and oxygen atoms in total. The smallest absolute Gasteiger partial charge is 0.280 e. The summed E-state index contributed by atoms with van der Waals surface area (Å²) in [4.78, 5) is 0. The Kier molecular flexibility index (Phi) is 4.64. The molecule has 0 amide bonds. The van der Waals surface area contributed by atoms with Gasteiger partial charge in [0.1, 0.15) is 0 Å². The molecule has 2 rings (SSSR count). The molecule has 2 aliphatic rings. The van der Waals surface area contributed by atoms with Crippen LogP contribution in [0.2, 0.25) is 0 Å². The van der Waals surface area contributed by atoms with Gasteiger partial charge in [-0.2, -0.15) is 17.4 Å². The number of aliphatic hydroxyl groups is 1. The van der Waals surface area contributed by atoms with E-state index in [-0.39, 0.29) is 12.1 Å². The van der Waals surface area contributed by atoms with Crippen molar-refractivity contribution in [2.24, 2.45) is 0 Å². The molecule has 18 heavy (non-hydrogen) atoms. The topological polar surface area (TPSA) is 69.6 Å². The number of aliphatic hydroxyl groups excluding tert-OH is 1. The summed E-state index contributed by atoms with van der Waals surface area (Å²) in [6, 6.07) is -0.241. The van der Waals surface area contributed by atoms with Crippen LogP contribution in [0.5, 0.6) is 0 Å². The highest BCUT2D eigenvalue weighted by Gasteiger charge is 2.33. The molecule has 1 saturated carbocycles. The number of nitrogens with zero attached hydrogens (tertiary/aromatic N) is 1. The molecule has 106 valence electrons. The maximum atomic E-state index is 12.3. The van der Waals surface area contributed by atoms with E-state index in [0.717, 1.165) is 38.5 Å². The Morgan fingerprint density at radius 2 is 1.78 bits per heavy atom. The van der Waals surface area contributed by atoms with Crippen LogP contribution in [-0.4, -0.2) is 42.6 Å². The van der Waals surface area contributed by atoms with Crippen molar-refractivity contribution in [3.8, 4) is 0 Å². The van der Waals surface area contributed by atoms with Gasteiger partial charge in [0.25, 0.3) is 10.2 Å². The van der Waals surface area contributed by atoms with E-state index < -0.39 is 16.3 Å². The molecule has 0 bridgehead atoms. The summed E-state index contributed by atoms with van der Waals surface area (Å²) in [5.74, 6) is 0. The first-order valence-corrected chi connectivity index (χ1v) is 8.42. The molecule has 0 radical (unpaired) electrons. The number of hydrogen-bond acceptors (Lipinski definition) is 3. The van der Waals surface area contributed by atoms with Crippen molar-refractivity contribution < 1.29 is 13.5 Å². The van der Waals surface area contributed by atoms with Crippen molar-refractivity contribution >= 4 is 10.2 Å². The molecule has 1 unspecified atom stereocenters. The number of piperidine rings is 1. The number of hydrogen-bond donors (Lipinski definition) is 2. The second-order valence-electron chi connectivity index (χ2n) is 5.54. The van der Waals surface area contributed by atoms with Crippen LogP contribution >= 0.6 is 0 Å². The normalized spacial score (nSPS) is 35.6. The minimum absolute atomic E-state index is 0.0667. The summed E-state index contributed by atoms with van der Waals surface area (Å²) in [6.45, 7) is 2.55. The molecular weight excluding hydrogens is 252 g/mol. The van der Waals surface area contributed by atoms with Crippen molar-refractivity contribution in [2.45, 2.75) is 70.1 Å². The summed E-state index contributed by atoms with van der Waals surface area (Å²) in [7, 11) is -3.44. The first-order chi connectivity index (χ1) is 8.50. The van der Waals surface area contributed by atoms with E-state index in [4.69, 9.17) is 0 Å². The molecule has 1 aliphatic heterocycles. The predicted molar refractivity (Wildman–Crippen MR) is 70.3 cm³/mol. The second-order valence-corrected chi connectivity index (χ2v) is 7.19. The first kappa shape index (κ1) is 14.2. The molecule has 3 atom stereocenters. The highest BCUT2D eigenvalue weighted by Crippen LogP contribution is 2.23. The molecule has 0 aromatic heterocycles. The Morgan fingerprint density at radius 3 is 2.44 bits per heavy atom. The van der Waals surface area contributed by atoms with Gasteiger partial charge in [-0.05, 0) is 32.6 Å². The van der Waals surface area contributed by atoms with Crippen LogP contribution in [0.3, 0.4) is 0 Å². The fourth-order valence-corrected chi connectivity index (χ4v) is 4.68. The lowest BCUT2D eigenvalue weighted by Gasteiger charge is -2.35. The van der Waals surface area contributed by atoms with Crippen LogP contribution < -0.4 is 4.72 Å². The lowest BCUT2D eigenvalue weighted by Crippen LogP contribution is -2.53. The highest BCUT2D eigenvalue weighted by atomic mass is 32.2. The van der Waals surface area contributed by atoms with Crippen molar-refractivity contribution in [1.29, 1.82) is 0 Å². The van der Waals surface area contributed by atoms with Gasteiger partial charge < -0.3 is 5.11 Å². The Morgan fingerprint density at radius 1 is 1.11 bits per heavy atom. The third-order valence-corrected chi connectivity index (χ3v) is 5.84. The average molecular weight is 276 g/mol. The van der Waals surface area contributed by atoms with E-state index in [1.54, 1.807) is 4.31 Å². The van der Waals surface area contributed by atoms with Gasteiger partial charge in [-0.15, -0.1) is 0 Å². The fraction of sp³-hybridized carbons (Fsp3) is 1.00. The van der Waals surface area contributed by atoms with Crippen molar-refractivity contribution in [3.05, 3.63) is 0 Å². The van der Waals surface area contributed by atoms with Crippen molar-refractivity contribution in [2.75, 3.05) is 6.54 Å². The van der Waals surface area contributed by atoms with Crippen LogP contribution in [0.25, 0.3) is 0 Å². The monoisotopic (exact) mass is 276 g/mol. The van der Waals surface area contributed by atoms with Gasteiger partial charge >= 0.3 is 0 Å². The Labute approximate surface area is 110 Å². The first-order valence-electron chi connectivity index (χ1n) is 6.98. The van der Waals surface area contributed by atoms with Gasteiger partial charge in [0, 0.05) is 18.6 Å². The molecule has 6 heteroatoms. The zero-order valence-electron chi connectivity index (χ0n) is 11.0. The van der Waals surface area contributed by atoms with Crippen LogP contribution in [0.1, 0.15) is 51.9 Å². The fourth-order valence-electron chi connectivity index (χ4n) is 2.94. The Hall–Kier alpha value is -0.170. The summed E-state index contributed by atoms with van der Waals surface area (Å²) >= 11 is 0. The molecule has 2 fully saturated rings. The zero-order valence-corrected chi connectivity index (χ0v) is 11.8.